The molecule has 1 aliphatic rings. The van der Waals surface area contributed by atoms with E-state index in [-0.39, 0.29) is 0 Å². The molecule has 0 bridgehead atoms. The topological polar surface area (TPSA) is 81.9 Å². The van der Waals surface area contributed by atoms with Gasteiger partial charge < -0.3 is 30.2 Å². The third kappa shape index (κ3) is 5.77. The molecule has 3 N–H and O–H groups in total. The Labute approximate surface area is 212 Å². The van der Waals surface area contributed by atoms with Crippen molar-refractivity contribution in [2.45, 2.75) is 32.6 Å². The highest BCUT2D eigenvalue weighted by molar-refractivity contribution is 7.80. The van der Waals surface area contributed by atoms with Crippen molar-refractivity contribution in [3.63, 3.8) is 0 Å². The van der Waals surface area contributed by atoms with Gasteiger partial charge in [0.15, 0.2) is 16.6 Å². The lowest BCUT2D eigenvalue weighted by Gasteiger charge is -2.33. The summed E-state index contributed by atoms with van der Waals surface area (Å²) in [6.45, 7) is 8.15. The van der Waals surface area contributed by atoms with Gasteiger partial charge in [-0.1, -0.05) is 6.07 Å². The van der Waals surface area contributed by atoms with Crippen LogP contribution in [0.1, 0.15) is 35.4 Å². The van der Waals surface area contributed by atoms with Gasteiger partial charge in [-0.05, 0) is 92.8 Å². The van der Waals surface area contributed by atoms with E-state index in [1.165, 1.54) is 16.7 Å². The summed E-state index contributed by atoms with van der Waals surface area (Å²) in [7, 11) is 3.25. The summed E-state index contributed by atoms with van der Waals surface area (Å²) in [6.07, 6.45) is 4.00. The number of hydrogen-bond acceptors (Lipinski definition) is 6. The summed E-state index contributed by atoms with van der Waals surface area (Å²) in [5.41, 5.74) is 10.1. The number of pyridine rings is 1. The van der Waals surface area contributed by atoms with Crippen LogP contribution >= 0.6 is 12.2 Å². The van der Waals surface area contributed by atoms with E-state index in [0.717, 1.165) is 61.4 Å². The molecule has 1 aromatic heterocycles. The molecule has 8 heteroatoms. The first-order chi connectivity index (χ1) is 16.9. The Balaban J connectivity index is 1.55. The maximum atomic E-state index is 6.53. The van der Waals surface area contributed by atoms with E-state index in [2.05, 4.69) is 41.2 Å². The van der Waals surface area contributed by atoms with Crippen LogP contribution in [0.2, 0.25) is 0 Å². The summed E-state index contributed by atoms with van der Waals surface area (Å²) in [5, 5.41) is 4.29. The van der Waals surface area contributed by atoms with Gasteiger partial charge in [0, 0.05) is 30.7 Å². The Hall–Kier alpha value is -3.10. The van der Waals surface area contributed by atoms with Gasteiger partial charge in [0.2, 0.25) is 0 Å². The fourth-order valence-corrected chi connectivity index (χ4v) is 4.94. The molecule has 0 amide bonds. The summed E-state index contributed by atoms with van der Waals surface area (Å²) >= 11 is 4.90. The minimum Gasteiger partial charge on any atom is -0.493 e. The van der Waals surface area contributed by atoms with Crippen LogP contribution in [-0.2, 0) is 0 Å². The number of thiocarbonyl (C=S) groups is 1. The zero-order valence-electron chi connectivity index (χ0n) is 20.9. The molecule has 0 aliphatic carbocycles. The Morgan fingerprint density at radius 3 is 2.46 bits per heavy atom. The van der Waals surface area contributed by atoms with Crippen molar-refractivity contribution in [2.75, 3.05) is 40.4 Å². The lowest BCUT2D eigenvalue weighted by Crippen LogP contribution is -2.40. The predicted molar refractivity (Wildman–Crippen MR) is 144 cm³/mol. The molecule has 1 aliphatic heterocycles. The van der Waals surface area contributed by atoms with Crippen molar-refractivity contribution in [2.24, 2.45) is 5.73 Å². The molecule has 0 radical (unpaired) electrons. The van der Waals surface area contributed by atoms with E-state index < -0.39 is 0 Å². The quantitative estimate of drug-likeness (QED) is 0.437. The van der Waals surface area contributed by atoms with E-state index in [0.29, 0.717) is 22.5 Å². The van der Waals surface area contributed by atoms with Crippen LogP contribution in [0, 0.1) is 13.8 Å². The van der Waals surface area contributed by atoms with E-state index in [1.54, 1.807) is 20.4 Å². The molecule has 0 unspecified atom stereocenters. The molecule has 1 fully saturated rings. The number of piperidine rings is 1. The van der Waals surface area contributed by atoms with Gasteiger partial charge in [-0.3, -0.25) is 4.98 Å². The lowest BCUT2D eigenvalue weighted by atomic mass is 9.85. The first kappa shape index (κ1) is 25.0. The van der Waals surface area contributed by atoms with Crippen LogP contribution in [-0.4, -0.2) is 55.4 Å². The maximum absolute atomic E-state index is 6.53. The molecule has 0 saturated carbocycles. The number of rotatable bonds is 8. The average Bonchev–Trinajstić information content (AvgIpc) is 2.85. The van der Waals surface area contributed by atoms with Crippen LogP contribution < -0.4 is 25.3 Å². The Morgan fingerprint density at radius 2 is 1.77 bits per heavy atom. The monoisotopic (exact) mass is 494 g/mol. The number of likely N-dealkylation sites (tertiary alicyclic amines) is 1. The number of nitrogens with two attached hydrogens (primary N) is 1. The fraction of sp³-hybridized carbons (Fsp3) is 0.407. The molecule has 7 nitrogen and oxygen atoms in total. The molecule has 186 valence electrons. The van der Waals surface area contributed by atoms with Gasteiger partial charge in [-0.15, -0.1) is 0 Å². The van der Waals surface area contributed by atoms with Gasteiger partial charge in [0.25, 0.3) is 0 Å². The number of fused-ring (bicyclic) bond motifs is 1. The molecule has 35 heavy (non-hydrogen) atoms. The van der Waals surface area contributed by atoms with Crippen molar-refractivity contribution in [3.05, 3.63) is 53.2 Å². The Morgan fingerprint density at radius 1 is 1.06 bits per heavy atom. The standard InChI is InChI=1S/C27H34N4O3S/c1-17-13-20(19-6-10-31(11-7-19)12-9-30-27(28)35)18(2)24(14-17)34-23-5-8-29-22-16-26(33-4)25(32-3)15-21(22)23/h5,8,13-16,19H,6-7,9-12H2,1-4H3,(H3,28,30,35). The molecule has 3 aromatic rings. The van der Waals surface area contributed by atoms with Gasteiger partial charge in [0.05, 0.1) is 19.7 Å². The minimum absolute atomic E-state index is 0.363. The molecular weight excluding hydrogens is 460 g/mol. The fourth-order valence-electron chi connectivity index (χ4n) is 4.84. The minimum atomic E-state index is 0.363. The number of ether oxygens (including phenoxy) is 3. The molecular formula is C27H34N4O3S. The average molecular weight is 495 g/mol. The summed E-state index contributed by atoms with van der Waals surface area (Å²) in [4.78, 5) is 6.96. The highest BCUT2D eigenvalue weighted by Crippen LogP contribution is 2.40. The first-order valence-corrected chi connectivity index (χ1v) is 12.4. The lowest BCUT2D eigenvalue weighted by molar-refractivity contribution is 0.215. The number of methoxy groups -OCH3 is 2. The Kier molecular flexibility index (Phi) is 7.93. The van der Waals surface area contributed by atoms with E-state index in [9.17, 15) is 0 Å². The maximum Gasteiger partial charge on any atom is 0.163 e. The van der Waals surface area contributed by atoms with Crippen LogP contribution in [0.25, 0.3) is 10.9 Å². The molecule has 4 rings (SSSR count). The molecule has 2 aromatic carbocycles. The number of hydrogen-bond donors (Lipinski definition) is 2. The third-order valence-electron chi connectivity index (χ3n) is 6.73. The second kappa shape index (κ2) is 11.1. The van der Waals surface area contributed by atoms with Crippen molar-refractivity contribution in [3.8, 4) is 23.0 Å². The summed E-state index contributed by atoms with van der Waals surface area (Å²) in [6, 6.07) is 10.1. The van der Waals surface area contributed by atoms with Gasteiger partial charge in [0.1, 0.15) is 11.5 Å². The zero-order valence-corrected chi connectivity index (χ0v) is 21.7. The molecule has 0 spiro atoms. The van der Waals surface area contributed by atoms with Gasteiger partial charge in [-0.25, -0.2) is 0 Å². The second-order valence-corrected chi connectivity index (χ2v) is 9.46. The molecule has 1 saturated heterocycles. The molecule has 0 atom stereocenters. The van der Waals surface area contributed by atoms with Gasteiger partial charge in [-0.2, -0.15) is 0 Å². The molecule has 2 heterocycles. The summed E-state index contributed by atoms with van der Waals surface area (Å²) in [5.74, 6) is 3.43. The number of nitrogens with one attached hydrogen (secondary N) is 1. The van der Waals surface area contributed by atoms with Crippen LogP contribution in [0.4, 0.5) is 0 Å². The Bertz CT molecular complexity index is 1210. The van der Waals surface area contributed by atoms with Crippen LogP contribution in [0.3, 0.4) is 0 Å². The number of aromatic nitrogens is 1. The van der Waals surface area contributed by atoms with Crippen molar-refractivity contribution >= 4 is 28.2 Å². The predicted octanol–water partition coefficient (Wildman–Crippen LogP) is 4.67. The highest BCUT2D eigenvalue weighted by atomic mass is 32.1. The second-order valence-electron chi connectivity index (χ2n) is 9.02. The first-order valence-electron chi connectivity index (χ1n) is 11.9. The van der Waals surface area contributed by atoms with Gasteiger partial charge >= 0.3 is 0 Å². The zero-order chi connectivity index (χ0) is 24.9. The number of benzene rings is 2. The third-order valence-corrected chi connectivity index (χ3v) is 6.87. The SMILES string of the molecule is COc1cc2nccc(Oc3cc(C)cc(C4CCN(CCNC(N)=S)CC4)c3C)c2cc1OC. The van der Waals surface area contributed by atoms with Crippen LogP contribution in [0.15, 0.2) is 36.5 Å². The van der Waals surface area contributed by atoms with E-state index in [4.69, 9.17) is 32.2 Å². The van der Waals surface area contributed by atoms with Crippen LogP contribution in [0.5, 0.6) is 23.0 Å². The van der Waals surface area contributed by atoms with E-state index in [1.807, 2.05) is 18.2 Å². The van der Waals surface area contributed by atoms with Crippen molar-refractivity contribution in [1.82, 2.24) is 15.2 Å². The highest BCUT2D eigenvalue weighted by Gasteiger charge is 2.23. The smallest absolute Gasteiger partial charge is 0.163 e. The normalized spacial score (nSPS) is 14.6. The van der Waals surface area contributed by atoms with Crippen molar-refractivity contribution in [1.29, 1.82) is 0 Å². The number of nitrogens with zero attached hydrogens (tertiary/aromatic N) is 2. The summed E-state index contributed by atoms with van der Waals surface area (Å²) < 4.78 is 17.5. The largest absolute Gasteiger partial charge is 0.493 e. The van der Waals surface area contributed by atoms with E-state index >= 15 is 0 Å². The van der Waals surface area contributed by atoms with Crippen molar-refractivity contribution < 1.29 is 14.2 Å². The number of aryl methyl sites for hydroxylation is 1.